The molecule has 0 radical (unpaired) electrons. The van der Waals surface area contributed by atoms with E-state index in [1.54, 1.807) is 0 Å². The minimum atomic E-state index is -0.343. The molecule has 0 saturated heterocycles. The largest absolute Gasteiger partial charge is 0.309 e. The van der Waals surface area contributed by atoms with Crippen LogP contribution in [0.4, 0.5) is 0 Å². The molecule has 1 atom stereocenters. The Labute approximate surface area is 580 Å². The van der Waals surface area contributed by atoms with Crippen molar-refractivity contribution in [2.45, 2.75) is 76.5 Å². The van der Waals surface area contributed by atoms with E-state index < -0.39 is 0 Å². The number of hydrogen-bond acceptors (Lipinski definition) is 0. The molecule has 4 heteroatoms. The summed E-state index contributed by atoms with van der Waals surface area (Å²) in [6.45, 7) is 16.9. The normalized spacial score (nSPS) is 16.3. The van der Waals surface area contributed by atoms with Crippen LogP contribution in [0.15, 0.2) is 285 Å². The zero-order chi connectivity index (χ0) is 66.6. The maximum Gasteiger partial charge on any atom is 0.0582 e. The molecule has 18 aromatic rings. The van der Waals surface area contributed by atoms with Crippen LogP contribution in [0.3, 0.4) is 0 Å². The van der Waals surface area contributed by atoms with Crippen molar-refractivity contribution in [3.63, 3.8) is 0 Å². The number of rotatable bonds is 6. The van der Waals surface area contributed by atoms with E-state index in [9.17, 15) is 0 Å². The van der Waals surface area contributed by atoms with Crippen LogP contribution in [-0.2, 0) is 28.1 Å². The summed E-state index contributed by atoms with van der Waals surface area (Å²) in [6.07, 6.45) is 0.833. The minimum Gasteiger partial charge on any atom is -0.309 e. The summed E-state index contributed by atoms with van der Waals surface area (Å²) in [5.41, 5.74) is 36.3. The lowest BCUT2D eigenvalue weighted by Crippen LogP contribution is -2.32. The fraction of sp³-hybridized carbons (Fsp3) is 0.125. The number of benzene rings is 14. The van der Waals surface area contributed by atoms with Gasteiger partial charge in [-0.25, -0.2) is 0 Å². The smallest absolute Gasteiger partial charge is 0.0582 e. The molecule has 4 nitrogen and oxygen atoms in total. The van der Waals surface area contributed by atoms with Gasteiger partial charge in [0, 0.05) is 64.7 Å². The second kappa shape index (κ2) is 19.3. The van der Waals surface area contributed by atoms with Crippen LogP contribution >= 0.6 is 0 Å². The van der Waals surface area contributed by atoms with Gasteiger partial charge < -0.3 is 18.3 Å². The first kappa shape index (κ1) is 56.3. The second-order valence-electron chi connectivity index (χ2n) is 31.0. The quantitative estimate of drug-likeness (QED) is 0.158. The lowest BCUT2D eigenvalue weighted by molar-refractivity contribution is 0.560. The van der Waals surface area contributed by atoms with E-state index in [1.807, 2.05) is 0 Å². The van der Waals surface area contributed by atoms with Crippen molar-refractivity contribution in [2.24, 2.45) is 0 Å². The first-order valence-corrected chi connectivity index (χ1v) is 35.7. The molecule has 0 amide bonds. The molecule has 0 saturated carbocycles. The van der Waals surface area contributed by atoms with E-state index in [0.717, 1.165) is 6.42 Å². The van der Waals surface area contributed by atoms with Gasteiger partial charge in [-0.05, 0) is 198 Å². The SMILES string of the molecule is CC1(C)c2ccccc2-n2c3ccc(-c4ccc5c(c4)c4cccc6c4n5-c4ccccc4C6(C)Cc4cccc(-c5cc6c7c(c5)c5cc(-c8ccc9c(c8)c8cc(-c%10ccccc%10)cc%10c8n9-c8ccccc8C%10(C)C)ccc5n7-c5ccccc5C6(C)C)c4)cc3c3cccc1c32. The Bertz CT molecular complexity index is 6730. The Morgan fingerprint density at radius 2 is 0.530 bits per heavy atom. The molecule has 0 bridgehead atoms. The summed E-state index contributed by atoms with van der Waals surface area (Å²) in [6, 6.07) is 110. The maximum absolute atomic E-state index is 2.57. The van der Waals surface area contributed by atoms with Crippen LogP contribution in [0.25, 0.3) is 154 Å². The molecule has 0 N–H and O–H groups in total. The lowest BCUT2D eigenvalue weighted by atomic mass is 9.69. The van der Waals surface area contributed by atoms with Gasteiger partial charge in [0.2, 0.25) is 0 Å². The van der Waals surface area contributed by atoms with Crippen LogP contribution in [0.1, 0.15) is 98.5 Å². The average molecular weight is 1280 g/mol. The third-order valence-corrected chi connectivity index (χ3v) is 24.7. The maximum atomic E-state index is 2.57. The van der Waals surface area contributed by atoms with E-state index in [2.05, 4.69) is 352 Å². The van der Waals surface area contributed by atoms with Gasteiger partial charge >= 0.3 is 0 Å². The first-order valence-electron chi connectivity index (χ1n) is 35.7. The van der Waals surface area contributed by atoms with Crippen molar-refractivity contribution in [3.8, 4) is 67.3 Å². The summed E-state index contributed by atoms with van der Waals surface area (Å²) in [5, 5.41) is 10.3. The summed E-state index contributed by atoms with van der Waals surface area (Å²) < 4.78 is 10.2. The molecule has 0 fully saturated rings. The summed E-state index contributed by atoms with van der Waals surface area (Å²) >= 11 is 0. The van der Waals surface area contributed by atoms with Gasteiger partial charge in [-0.15, -0.1) is 0 Å². The van der Waals surface area contributed by atoms with Crippen LogP contribution in [0.2, 0.25) is 0 Å². The topological polar surface area (TPSA) is 19.7 Å². The molecule has 100 heavy (non-hydrogen) atoms. The highest BCUT2D eigenvalue weighted by molar-refractivity contribution is 6.18. The standard InChI is InChI=1S/C96H70N4/c1-93(2)73-28-11-15-34-85(73)97-81-42-38-59(47-67(81)65-26-20-32-77(93)89(65)97)60-39-43-82-68(48-60)66-27-21-33-78-90(66)100(82)88-37-18-14-31-76(88)96(78,7)55-56-22-19-25-58(46-56)64-52-72-70-50-62(41-45-84(70)99-87-36-17-13-30-75(87)95(5,6)80(54-64)92(72)99)61-40-44-83-69(49-61)71-51-63(57-23-9-8-10-24-57)53-79-91(71)98(83)86-35-16-12-29-74(86)94(79,3)4/h8-54H,55H2,1-7H3. The van der Waals surface area contributed by atoms with Gasteiger partial charge in [-0.3, -0.25) is 0 Å². The van der Waals surface area contributed by atoms with Crippen molar-refractivity contribution in [3.05, 3.63) is 335 Å². The third kappa shape index (κ3) is 7.20. The minimum absolute atomic E-state index is 0.111. The molecule has 4 aromatic heterocycles. The van der Waals surface area contributed by atoms with Crippen LogP contribution in [-0.4, -0.2) is 18.3 Å². The molecule has 14 aromatic carbocycles. The highest BCUT2D eigenvalue weighted by Gasteiger charge is 2.42. The Morgan fingerprint density at radius 3 is 1.00 bits per heavy atom. The molecular weight excluding hydrogens is 1210 g/mol. The molecule has 0 spiro atoms. The molecular formula is C96H70N4. The number of fused-ring (bicyclic) bond motifs is 20. The fourth-order valence-electron chi connectivity index (χ4n) is 19.8. The second-order valence-corrected chi connectivity index (χ2v) is 31.0. The van der Waals surface area contributed by atoms with E-state index in [4.69, 9.17) is 0 Å². The van der Waals surface area contributed by atoms with Crippen molar-refractivity contribution in [1.29, 1.82) is 0 Å². The number of nitrogens with zero attached hydrogens (tertiary/aromatic N) is 4. The van der Waals surface area contributed by atoms with Crippen molar-refractivity contribution in [1.82, 2.24) is 18.3 Å². The Morgan fingerprint density at radius 1 is 0.210 bits per heavy atom. The molecule has 4 aliphatic rings. The van der Waals surface area contributed by atoms with Crippen molar-refractivity contribution < 1.29 is 0 Å². The van der Waals surface area contributed by atoms with Gasteiger partial charge in [0.15, 0.2) is 0 Å². The van der Waals surface area contributed by atoms with E-state index in [1.165, 1.54) is 205 Å². The van der Waals surface area contributed by atoms with Gasteiger partial charge in [0.25, 0.3) is 0 Å². The van der Waals surface area contributed by atoms with E-state index >= 15 is 0 Å². The van der Waals surface area contributed by atoms with E-state index in [0.29, 0.717) is 0 Å². The Balaban J connectivity index is 0.671. The molecule has 22 rings (SSSR count). The third-order valence-electron chi connectivity index (χ3n) is 24.7. The molecule has 1 unspecified atom stereocenters. The lowest BCUT2D eigenvalue weighted by Gasteiger charge is -2.38. The first-order chi connectivity index (χ1) is 48.7. The predicted octanol–water partition coefficient (Wildman–Crippen LogP) is 24.5. The Hall–Kier alpha value is -11.7. The summed E-state index contributed by atoms with van der Waals surface area (Å²) in [4.78, 5) is 0. The van der Waals surface area contributed by atoms with Crippen LogP contribution in [0, 0.1) is 0 Å². The molecule has 8 heterocycles. The predicted molar refractivity (Wildman–Crippen MR) is 419 cm³/mol. The molecule has 474 valence electrons. The Kier molecular flexibility index (Phi) is 10.9. The van der Waals surface area contributed by atoms with Gasteiger partial charge in [-0.2, -0.15) is 0 Å². The monoisotopic (exact) mass is 1280 g/mol. The van der Waals surface area contributed by atoms with Crippen LogP contribution < -0.4 is 0 Å². The summed E-state index contributed by atoms with van der Waals surface area (Å²) in [7, 11) is 0. The zero-order valence-electron chi connectivity index (χ0n) is 57.1. The number of para-hydroxylation sites is 6. The molecule has 4 aliphatic heterocycles. The average Bonchev–Trinajstić information content (AvgIpc) is 1.53. The molecule has 0 aliphatic carbocycles. The highest BCUT2D eigenvalue weighted by atomic mass is 15.0. The number of hydrogen-bond donors (Lipinski definition) is 0. The zero-order valence-corrected chi connectivity index (χ0v) is 57.1. The summed E-state index contributed by atoms with van der Waals surface area (Å²) in [5.74, 6) is 0. The number of aromatic nitrogens is 4. The highest BCUT2D eigenvalue weighted by Crippen LogP contribution is 2.55. The fourth-order valence-corrected chi connectivity index (χ4v) is 19.8. The van der Waals surface area contributed by atoms with E-state index in [-0.39, 0.29) is 21.7 Å². The van der Waals surface area contributed by atoms with Crippen molar-refractivity contribution >= 4 is 87.2 Å². The van der Waals surface area contributed by atoms with Gasteiger partial charge in [0.1, 0.15) is 0 Å². The van der Waals surface area contributed by atoms with Crippen molar-refractivity contribution in [2.75, 3.05) is 0 Å². The van der Waals surface area contributed by atoms with Crippen LogP contribution in [0.5, 0.6) is 0 Å². The van der Waals surface area contributed by atoms with Gasteiger partial charge in [-0.1, -0.05) is 237 Å². The van der Waals surface area contributed by atoms with Gasteiger partial charge in [0.05, 0.1) is 66.9 Å².